The summed E-state index contributed by atoms with van der Waals surface area (Å²) >= 11 is 6.18. The number of carbonyl (C=O) groups excluding carboxylic acids is 1. The lowest BCUT2D eigenvalue weighted by atomic mass is 9.98. The van der Waals surface area contributed by atoms with Gasteiger partial charge in [0.2, 0.25) is 5.91 Å². The maximum Gasteiger partial charge on any atom is 0.221 e. The molecule has 3 aromatic carbocycles. The van der Waals surface area contributed by atoms with Gasteiger partial charge in [-0.1, -0.05) is 41.9 Å². The van der Waals surface area contributed by atoms with Crippen LogP contribution in [0.25, 0.3) is 33.3 Å². The summed E-state index contributed by atoms with van der Waals surface area (Å²) in [5.41, 5.74) is 4.09. The number of fused-ring (bicyclic) bond motifs is 1. The summed E-state index contributed by atoms with van der Waals surface area (Å²) in [4.78, 5) is 16.1. The van der Waals surface area contributed by atoms with Gasteiger partial charge in [-0.05, 0) is 48.0 Å². The zero-order valence-corrected chi connectivity index (χ0v) is 17.0. The maximum absolute atomic E-state index is 14.5. The van der Waals surface area contributed by atoms with Crippen molar-refractivity contribution in [1.82, 2.24) is 4.98 Å². The molecule has 0 saturated carbocycles. The van der Waals surface area contributed by atoms with Gasteiger partial charge in [0, 0.05) is 34.1 Å². The Hall–Kier alpha value is -2.95. The second kappa shape index (κ2) is 8.60. The Morgan fingerprint density at radius 2 is 1.76 bits per heavy atom. The Morgan fingerprint density at radius 1 is 0.966 bits per heavy atom. The van der Waals surface area contributed by atoms with Crippen LogP contribution in [0.1, 0.15) is 6.92 Å². The Kier molecular flexibility index (Phi) is 6.16. The van der Waals surface area contributed by atoms with Crippen molar-refractivity contribution in [2.24, 2.45) is 0 Å². The highest BCUT2D eigenvalue weighted by Crippen LogP contribution is 2.35. The molecule has 0 saturated heterocycles. The lowest BCUT2D eigenvalue weighted by Gasteiger charge is -2.12. The van der Waals surface area contributed by atoms with E-state index in [0.717, 1.165) is 10.9 Å². The van der Waals surface area contributed by atoms with Gasteiger partial charge in [-0.2, -0.15) is 0 Å². The predicted molar refractivity (Wildman–Crippen MR) is 119 cm³/mol. The summed E-state index contributed by atoms with van der Waals surface area (Å²) in [7, 11) is 0. The average molecular weight is 427 g/mol. The number of rotatable bonds is 3. The van der Waals surface area contributed by atoms with Crippen LogP contribution in [0, 0.1) is 5.82 Å². The second-order valence-corrected chi connectivity index (χ2v) is 6.89. The Labute approximate surface area is 179 Å². The van der Waals surface area contributed by atoms with Gasteiger partial charge in [0.15, 0.2) is 0 Å². The van der Waals surface area contributed by atoms with E-state index in [1.54, 1.807) is 30.3 Å². The minimum absolute atomic E-state index is 0. The van der Waals surface area contributed by atoms with Crippen molar-refractivity contribution in [3.8, 4) is 22.4 Å². The number of nitrogens with one attached hydrogen (secondary N) is 1. The van der Waals surface area contributed by atoms with Crippen molar-refractivity contribution in [3.63, 3.8) is 0 Å². The van der Waals surface area contributed by atoms with E-state index >= 15 is 0 Å². The summed E-state index contributed by atoms with van der Waals surface area (Å²) in [6.07, 6.45) is 0. The topological polar surface area (TPSA) is 42.0 Å². The van der Waals surface area contributed by atoms with Gasteiger partial charge in [-0.15, -0.1) is 12.4 Å². The summed E-state index contributed by atoms with van der Waals surface area (Å²) in [6, 6.07) is 21.3. The SMILES string of the molecule is CC(=O)Nc1cccc(-c2cc(-c3ccccc3F)c3cc(Cl)ccc3n2)c1.Cl. The van der Waals surface area contributed by atoms with Crippen LogP contribution < -0.4 is 5.32 Å². The fourth-order valence-electron chi connectivity index (χ4n) is 3.21. The predicted octanol–water partition coefficient (Wildman–Crippen LogP) is 6.74. The molecule has 1 N–H and O–H groups in total. The van der Waals surface area contributed by atoms with Crippen LogP contribution in [0.5, 0.6) is 0 Å². The van der Waals surface area contributed by atoms with Crippen LogP contribution in [0.2, 0.25) is 5.02 Å². The quantitative estimate of drug-likeness (QED) is 0.393. The average Bonchev–Trinajstić information content (AvgIpc) is 2.67. The lowest BCUT2D eigenvalue weighted by molar-refractivity contribution is -0.114. The molecular weight excluding hydrogens is 410 g/mol. The van der Waals surface area contributed by atoms with Crippen molar-refractivity contribution in [3.05, 3.63) is 83.6 Å². The number of pyridine rings is 1. The molecule has 3 nitrogen and oxygen atoms in total. The van der Waals surface area contributed by atoms with Crippen LogP contribution in [0.4, 0.5) is 10.1 Å². The standard InChI is InChI=1S/C23H16ClFN2O.ClH/c1-14(28)26-17-6-4-5-15(11-17)23-13-19(18-7-2-3-8-21(18)25)20-12-16(24)9-10-22(20)27-23;/h2-13H,1H3,(H,26,28);1H. The number of aromatic nitrogens is 1. The zero-order valence-electron chi connectivity index (χ0n) is 15.4. The molecule has 146 valence electrons. The highest BCUT2D eigenvalue weighted by atomic mass is 35.5. The molecule has 0 bridgehead atoms. The number of nitrogens with zero attached hydrogens (tertiary/aromatic N) is 1. The number of hydrogen-bond acceptors (Lipinski definition) is 2. The number of halogens is 3. The van der Waals surface area contributed by atoms with Gasteiger partial charge in [0.05, 0.1) is 11.2 Å². The van der Waals surface area contributed by atoms with Crippen LogP contribution >= 0.6 is 24.0 Å². The van der Waals surface area contributed by atoms with Crippen molar-refractivity contribution >= 4 is 46.5 Å². The van der Waals surface area contributed by atoms with Crippen LogP contribution in [0.3, 0.4) is 0 Å². The van der Waals surface area contributed by atoms with Crippen LogP contribution in [-0.2, 0) is 4.79 Å². The molecule has 0 radical (unpaired) electrons. The molecule has 1 aromatic heterocycles. The molecule has 1 amide bonds. The third-order valence-corrected chi connectivity index (χ3v) is 4.65. The van der Waals surface area contributed by atoms with E-state index in [2.05, 4.69) is 5.32 Å². The van der Waals surface area contributed by atoms with Crippen molar-refractivity contribution < 1.29 is 9.18 Å². The van der Waals surface area contributed by atoms with Crippen LogP contribution in [-0.4, -0.2) is 10.9 Å². The Morgan fingerprint density at radius 3 is 2.52 bits per heavy atom. The fourth-order valence-corrected chi connectivity index (χ4v) is 3.38. The number of benzene rings is 3. The lowest BCUT2D eigenvalue weighted by Crippen LogP contribution is -2.05. The summed E-state index contributed by atoms with van der Waals surface area (Å²) in [5.74, 6) is -0.460. The van der Waals surface area contributed by atoms with E-state index < -0.39 is 0 Å². The molecular formula is C23H17Cl2FN2O. The zero-order chi connectivity index (χ0) is 19.7. The first-order valence-corrected chi connectivity index (χ1v) is 9.12. The van der Waals surface area contributed by atoms with E-state index in [9.17, 15) is 9.18 Å². The molecule has 0 spiro atoms. The first-order valence-electron chi connectivity index (χ1n) is 8.74. The van der Waals surface area contributed by atoms with Gasteiger partial charge in [-0.3, -0.25) is 4.79 Å². The van der Waals surface area contributed by atoms with Gasteiger partial charge in [-0.25, -0.2) is 9.37 Å². The first-order chi connectivity index (χ1) is 13.5. The molecule has 0 aliphatic carbocycles. The molecule has 29 heavy (non-hydrogen) atoms. The largest absolute Gasteiger partial charge is 0.326 e. The molecule has 0 atom stereocenters. The van der Waals surface area contributed by atoms with E-state index in [1.807, 2.05) is 36.4 Å². The molecule has 4 aromatic rings. The normalized spacial score (nSPS) is 10.4. The summed E-state index contributed by atoms with van der Waals surface area (Å²) in [5, 5.41) is 4.11. The van der Waals surface area contributed by atoms with E-state index in [-0.39, 0.29) is 24.1 Å². The smallest absolute Gasteiger partial charge is 0.221 e. The minimum Gasteiger partial charge on any atom is -0.326 e. The molecule has 0 unspecified atom stereocenters. The third-order valence-electron chi connectivity index (χ3n) is 4.41. The fraction of sp³-hybridized carbons (Fsp3) is 0.0435. The van der Waals surface area contributed by atoms with E-state index in [1.165, 1.54) is 13.0 Å². The van der Waals surface area contributed by atoms with Gasteiger partial charge >= 0.3 is 0 Å². The van der Waals surface area contributed by atoms with Gasteiger partial charge in [0.25, 0.3) is 0 Å². The maximum atomic E-state index is 14.5. The van der Waals surface area contributed by atoms with Gasteiger partial charge in [0.1, 0.15) is 5.82 Å². The highest BCUT2D eigenvalue weighted by molar-refractivity contribution is 6.31. The molecule has 1 heterocycles. The minimum atomic E-state index is -0.312. The Balaban J connectivity index is 0.00000240. The number of amides is 1. The molecule has 0 aliphatic heterocycles. The van der Waals surface area contributed by atoms with Crippen molar-refractivity contribution in [1.29, 1.82) is 0 Å². The molecule has 0 fully saturated rings. The second-order valence-electron chi connectivity index (χ2n) is 6.46. The number of carbonyl (C=O) groups is 1. The van der Waals surface area contributed by atoms with Gasteiger partial charge < -0.3 is 5.32 Å². The van der Waals surface area contributed by atoms with E-state index in [0.29, 0.717) is 33.0 Å². The van der Waals surface area contributed by atoms with Crippen molar-refractivity contribution in [2.45, 2.75) is 6.92 Å². The van der Waals surface area contributed by atoms with Crippen LogP contribution in [0.15, 0.2) is 72.8 Å². The first kappa shape index (κ1) is 20.8. The van der Waals surface area contributed by atoms with E-state index in [4.69, 9.17) is 16.6 Å². The summed E-state index contributed by atoms with van der Waals surface area (Å²) < 4.78 is 14.5. The number of hydrogen-bond donors (Lipinski definition) is 1. The molecule has 0 aliphatic rings. The molecule has 6 heteroatoms. The number of anilines is 1. The Bertz CT molecular complexity index is 1210. The molecule has 4 rings (SSSR count). The summed E-state index contributed by atoms with van der Waals surface area (Å²) in [6.45, 7) is 1.46. The third kappa shape index (κ3) is 4.39. The highest BCUT2D eigenvalue weighted by Gasteiger charge is 2.13. The van der Waals surface area contributed by atoms with Crippen molar-refractivity contribution in [2.75, 3.05) is 5.32 Å². The monoisotopic (exact) mass is 426 g/mol.